The van der Waals surface area contributed by atoms with Crippen molar-refractivity contribution in [2.24, 2.45) is 5.10 Å². The fourth-order valence-electron chi connectivity index (χ4n) is 0.300. The molecular weight excluding hydrogens is 144 g/mol. The lowest BCUT2D eigenvalue weighted by Crippen LogP contribution is -2.09. The number of allylic oxidation sites excluding steroid dienone is 1. The van der Waals surface area contributed by atoms with Gasteiger partial charge in [-0.05, 0) is 6.08 Å². The summed E-state index contributed by atoms with van der Waals surface area (Å²) in [7, 11) is 0.0929. The topological polar surface area (TPSA) is 41.5 Å². The SMILES string of the molecule is O=S=S1C=CC=NN1. The van der Waals surface area contributed by atoms with Crippen molar-refractivity contribution >= 4 is 26.1 Å². The van der Waals surface area contributed by atoms with Crippen LogP contribution in [0.2, 0.25) is 0 Å². The zero-order valence-corrected chi connectivity index (χ0v) is 5.54. The molecule has 0 fully saturated rings. The van der Waals surface area contributed by atoms with Gasteiger partial charge in [0.1, 0.15) is 10.2 Å². The predicted molar refractivity (Wildman–Crippen MR) is 36.3 cm³/mol. The Kier molecular flexibility index (Phi) is 1.99. The van der Waals surface area contributed by atoms with Crippen LogP contribution in [0.4, 0.5) is 0 Å². The van der Waals surface area contributed by atoms with E-state index in [1.807, 2.05) is 0 Å². The van der Waals surface area contributed by atoms with Gasteiger partial charge in [0.05, 0.1) is 0 Å². The molecule has 0 aromatic heterocycles. The van der Waals surface area contributed by atoms with Crippen molar-refractivity contribution in [1.82, 2.24) is 4.83 Å². The van der Waals surface area contributed by atoms with E-state index >= 15 is 0 Å². The summed E-state index contributed by atoms with van der Waals surface area (Å²) in [5, 5.41) is 5.44. The highest BCUT2D eigenvalue weighted by Crippen LogP contribution is 1.84. The number of nitrogens with one attached hydrogen (secondary N) is 1. The lowest BCUT2D eigenvalue weighted by molar-refractivity contribution is 0.701. The third-order valence-electron chi connectivity index (χ3n) is 0.579. The molecule has 0 aromatic carbocycles. The molecule has 1 rings (SSSR count). The molecule has 0 saturated heterocycles. The van der Waals surface area contributed by atoms with E-state index < -0.39 is 9.64 Å². The van der Waals surface area contributed by atoms with Crippen molar-refractivity contribution in [3.63, 3.8) is 0 Å². The van der Waals surface area contributed by atoms with Crippen LogP contribution in [-0.2, 0) is 19.9 Å². The van der Waals surface area contributed by atoms with Crippen molar-refractivity contribution in [2.75, 3.05) is 0 Å². The van der Waals surface area contributed by atoms with Gasteiger partial charge in [0.15, 0.2) is 0 Å². The van der Waals surface area contributed by atoms with Gasteiger partial charge in [0, 0.05) is 21.3 Å². The number of hydrogen-bond acceptors (Lipinski definition) is 2. The Morgan fingerprint density at radius 1 is 1.75 bits per heavy atom. The molecule has 3 nitrogen and oxygen atoms in total. The molecule has 1 aliphatic rings. The third kappa shape index (κ3) is 1.28. The standard InChI is InChI=1S/C3H4N2OS2/c6-7-8-3-1-2-4-5-8/h1-3,5H. The van der Waals surface area contributed by atoms with Crippen LogP contribution in [0.1, 0.15) is 0 Å². The van der Waals surface area contributed by atoms with Crippen molar-refractivity contribution in [3.8, 4) is 0 Å². The second kappa shape index (κ2) is 2.78. The van der Waals surface area contributed by atoms with Crippen molar-refractivity contribution in [2.45, 2.75) is 0 Å². The maximum absolute atomic E-state index is 10.0. The quantitative estimate of drug-likeness (QED) is 0.514. The fraction of sp³-hybridized carbons (Fsp3) is 0. The molecule has 1 heterocycles. The summed E-state index contributed by atoms with van der Waals surface area (Å²) in [5.41, 5.74) is 0. The molecule has 0 bridgehead atoms. The van der Waals surface area contributed by atoms with Gasteiger partial charge < -0.3 is 0 Å². The van der Waals surface area contributed by atoms with E-state index in [1.54, 1.807) is 17.7 Å². The molecule has 1 N–H and O–H groups in total. The van der Waals surface area contributed by atoms with E-state index in [9.17, 15) is 4.21 Å². The minimum Gasteiger partial charge on any atom is -0.243 e. The first-order chi connectivity index (χ1) is 3.93. The Bertz CT molecular complexity index is 191. The summed E-state index contributed by atoms with van der Waals surface area (Å²) in [5.74, 6) is 0. The summed E-state index contributed by atoms with van der Waals surface area (Å²) < 4.78 is 10.0. The Hall–Kier alpha value is -0.420. The lowest BCUT2D eigenvalue weighted by atomic mass is 10.7. The molecule has 8 heavy (non-hydrogen) atoms. The van der Waals surface area contributed by atoms with E-state index in [1.165, 1.54) is 0 Å². The van der Waals surface area contributed by atoms with Crippen LogP contribution < -0.4 is 4.83 Å². The Morgan fingerprint density at radius 2 is 2.62 bits per heavy atom. The molecule has 0 amide bonds. The molecule has 0 aliphatic carbocycles. The normalized spacial score (nSPS) is 24.8. The first-order valence-electron chi connectivity index (χ1n) is 1.92. The number of rotatable bonds is 0. The van der Waals surface area contributed by atoms with E-state index in [4.69, 9.17) is 0 Å². The van der Waals surface area contributed by atoms with Crippen molar-refractivity contribution in [1.29, 1.82) is 0 Å². The molecule has 0 saturated carbocycles. The lowest BCUT2D eigenvalue weighted by Gasteiger charge is -1.97. The second-order valence-electron chi connectivity index (χ2n) is 1.06. The van der Waals surface area contributed by atoms with Crippen LogP contribution in [0.3, 0.4) is 0 Å². The number of hydrazone groups is 1. The molecule has 44 valence electrons. The fourth-order valence-corrected chi connectivity index (χ4v) is 1.36. The highest BCUT2D eigenvalue weighted by molar-refractivity contribution is 8.31. The Labute approximate surface area is 52.3 Å². The van der Waals surface area contributed by atoms with Crippen LogP contribution in [0.5, 0.6) is 0 Å². The molecule has 0 spiro atoms. The van der Waals surface area contributed by atoms with Gasteiger partial charge in [-0.2, -0.15) is 5.10 Å². The highest BCUT2D eigenvalue weighted by Gasteiger charge is 1.86. The predicted octanol–water partition coefficient (Wildman–Crippen LogP) is -0.250. The summed E-state index contributed by atoms with van der Waals surface area (Å²) in [6, 6.07) is 0. The molecular formula is C3H4N2OS2. The molecule has 0 aromatic rings. The van der Waals surface area contributed by atoms with E-state index in [0.717, 1.165) is 0 Å². The maximum Gasteiger partial charge on any atom is 0.146 e. The van der Waals surface area contributed by atoms with Crippen LogP contribution in [0, 0.1) is 0 Å². The monoisotopic (exact) mass is 148 g/mol. The van der Waals surface area contributed by atoms with Crippen LogP contribution in [-0.4, -0.2) is 10.4 Å². The minimum absolute atomic E-state index is 0.419. The summed E-state index contributed by atoms with van der Waals surface area (Å²) >= 11 is 0. The van der Waals surface area contributed by atoms with Gasteiger partial charge in [-0.15, -0.1) is 0 Å². The number of nitrogens with zero attached hydrogens (tertiary/aromatic N) is 1. The molecule has 0 radical (unpaired) electrons. The minimum atomic E-state index is -0.419. The van der Waals surface area contributed by atoms with Gasteiger partial charge in [-0.3, -0.25) is 0 Å². The van der Waals surface area contributed by atoms with E-state index in [2.05, 4.69) is 9.93 Å². The summed E-state index contributed by atoms with van der Waals surface area (Å²) in [6.45, 7) is 0. The zero-order chi connectivity index (χ0) is 5.82. The zero-order valence-electron chi connectivity index (χ0n) is 3.90. The van der Waals surface area contributed by atoms with Crippen molar-refractivity contribution < 1.29 is 4.21 Å². The third-order valence-corrected chi connectivity index (χ3v) is 2.41. The molecule has 1 atom stereocenters. The summed E-state index contributed by atoms with van der Waals surface area (Å²) in [6.07, 6.45) is 3.37. The second-order valence-corrected chi connectivity index (χ2v) is 3.73. The number of hydrogen-bond donors (Lipinski definition) is 1. The van der Waals surface area contributed by atoms with Crippen LogP contribution in [0.25, 0.3) is 0 Å². The molecule has 5 heteroatoms. The van der Waals surface area contributed by atoms with Crippen LogP contribution >= 0.6 is 0 Å². The largest absolute Gasteiger partial charge is 0.243 e. The first kappa shape index (κ1) is 5.71. The highest BCUT2D eigenvalue weighted by atomic mass is 32.8. The maximum atomic E-state index is 10.0. The average molecular weight is 148 g/mol. The van der Waals surface area contributed by atoms with E-state index in [-0.39, 0.29) is 0 Å². The van der Waals surface area contributed by atoms with Crippen LogP contribution in [0.15, 0.2) is 16.6 Å². The van der Waals surface area contributed by atoms with Crippen molar-refractivity contribution in [3.05, 3.63) is 11.5 Å². The first-order valence-corrected chi connectivity index (χ1v) is 4.47. The van der Waals surface area contributed by atoms with Gasteiger partial charge in [0.2, 0.25) is 0 Å². The van der Waals surface area contributed by atoms with Gasteiger partial charge >= 0.3 is 0 Å². The Balaban J connectivity index is 2.80. The van der Waals surface area contributed by atoms with Gasteiger partial charge in [-0.1, -0.05) is 0 Å². The van der Waals surface area contributed by atoms with Gasteiger partial charge in [0.25, 0.3) is 0 Å². The van der Waals surface area contributed by atoms with Gasteiger partial charge in [-0.25, -0.2) is 9.04 Å². The Morgan fingerprint density at radius 3 is 3.00 bits per heavy atom. The average Bonchev–Trinajstić information content (AvgIpc) is 1.90. The molecule has 1 aliphatic heterocycles. The molecule has 1 unspecified atom stereocenters. The summed E-state index contributed by atoms with van der Waals surface area (Å²) in [4.78, 5) is 2.63. The smallest absolute Gasteiger partial charge is 0.146 e. The van der Waals surface area contributed by atoms with E-state index in [0.29, 0.717) is 10.2 Å².